The van der Waals surface area contributed by atoms with Crippen LogP contribution in [0.1, 0.15) is 13.8 Å². The largest absolute Gasteiger partial charge is 0.444 e. The van der Waals surface area contributed by atoms with Crippen LogP contribution in [0.2, 0.25) is 0 Å². The van der Waals surface area contributed by atoms with Gasteiger partial charge in [-0.2, -0.15) is 0 Å². The van der Waals surface area contributed by atoms with Crippen LogP contribution in [0.4, 0.5) is 0 Å². The van der Waals surface area contributed by atoms with Gasteiger partial charge in [-0.15, -0.1) is 0 Å². The first-order valence-electron chi connectivity index (χ1n) is 3.25. The second kappa shape index (κ2) is 3.66. The van der Waals surface area contributed by atoms with Crippen molar-refractivity contribution < 1.29 is 14.6 Å². The van der Waals surface area contributed by atoms with E-state index in [0.717, 1.165) is 0 Å². The van der Waals surface area contributed by atoms with Crippen molar-refractivity contribution in [2.24, 2.45) is 11.5 Å². The van der Waals surface area contributed by atoms with E-state index < -0.39 is 24.3 Å². The second-order valence-corrected chi connectivity index (χ2v) is 2.81. The Morgan fingerprint density at radius 1 is 1.73 bits per heavy atom. The van der Waals surface area contributed by atoms with Crippen molar-refractivity contribution in [2.45, 2.75) is 25.6 Å². The fourth-order valence-corrected chi connectivity index (χ4v) is 0.409. The van der Waals surface area contributed by atoms with Crippen molar-refractivity contribution in [3.63, 3.8) is 0 Å². The van der Waals surface area contributed by atoms with Crippen molar-refractivity contribution in [1.29, 1.82) is 0 Å². The Hall–Kier alpha value is -0.650. The predicted molar refractivity (Wildman–Crippen MR) is 39.4 cm³/mol. The molecule has 0 bridgehead atoms. The summed E-state index contributed by atoms with van der Waals surface area (Å²) < 4.78 is 4.64. The molecule has 0 spiro atoms. The summed E-state index contributed by atoms with van der Waals surface area (Å²) in [6.07, 6.45) is 0. The van der Waals surface area contributed by atoms with Gasteiger partial charge in [-0.25, -0.2) is 0 Å². The summed E-state index contributed by atoms with van der Waals surface area (Å²) in [7, 11) is 0. The number of esters is 1. The molecule has 1 atom stereocenters. The highest BCUT2D eigenvalue weighted by atomic mass is 16.6. The van der Waals surface area contributed by atoms with Crippen molar-refractivity contribution in [1.82, 2.24) is 0 Å². The van der Waals surface area contributed by atoms with E-state index in [9.17, 15) is 4.79 Å². The molecule has 5 N–H and O–H groups in total. The zero-order valence-electron chi connectivity index (χ0n) is 6.70. The minimum Gasteiger partial charge on any atom is -0.444 e. The van der Waals surface area contributed by atoms with Crippen LogP contribution in [0.3, 0.4) is 0 Å². The summed E-state index contributed by atoms with van der Waals surface area (Å²) in [5, 5.41) is 8.44. The minimum atomic E-state index is -1.04. The van der Waals surface area contributed by atoms with Crippen molar-refractivity contribution >= 4 is 5.97 Å². The molecule has 11 heavy (non-hydrogen) atoms. The molecule has 5 heteroatoms. The van der Waals surface area contributed by atoms with Gasteiger partial charge < -0.3 is 15.6 Å². The van der Waals surface area contributed by atoms with Crippen LogP contribution in [-0.4, -0.2) is 29.4 Å². The number of aliphatic hydroxyl groups is 1. The lowest BCUT2D eigenvalue weighted by Crippen LogP contribution is -2.45. The van der Waals surface area contributed by atoms with Gasteiger partial charge in [-0.1, -0.05) is 0 Å². The third kappa shape index (κ3) is 4.72. The van der Waals surface area contributed by atoms with Crippen molar-refractivity contribution in [3.05, 3.63) is 0 Å². The van der Waals surface area contributed by atoms with E-state index in [-0.39, 0.29) is 0 Å². The molecule has 0 aliphatic carbocycles. The van der Waals surface area contributed by atoms with E-state index in [1.54, 1.807) is 0 Å². The number of hydrogen-bond donors (Lipinski definition) is 3. The number of carbonyl (C=O) groups is 1. The van der Waals surface area contributed by atoms with E-state index in [4.69, 9.17) is 16.6 Å². The summed E-state index contributed by atoms with van der Waals surface area (Å²) in [4.78, 5) is 10.8. The third-order valence-corrected chi connectivity index (χ3v) is 0.863. The molecule has 66 valence electrons. The normalized spacial score (nSPS) is 14.3. The smallest absolute Gasteiger partial charge is 0.327 e. The number of carbonyl (C=O) groups excluding carboxylic acids is 1. The van der Waals surface area contributed by atoms with Crippen LogP contribution in [0.5, 0.6) is 0 Å². The SMILES string of the molecule is CC(C)(N)OC(=O)[C@@H](N)CO. The van der Waals surface area contributed by atoms with Gasteiger partial charge in [-0.3, -0.25) is 10.5 Å². The molecular weight excluding hydrogens is 148 g/mol. The van der Waals surface area contributed by atoms with Crippen LogP contribution in [-0.2, 0) is 9.53 Å². The lowest BCUT2D eigenvalue weighted by molar-refractivity contribution is -0.158. The molecule has 0 amide bonds. The quantitative estimate of drug-likeness (QED) is 0.348. The summed E-state index contributed by atoms with van der Waals surface area (Å²) in [6.45, 7) is 2.61. The van der Waals surface area contributed by atoms with Crippen LogP contribution in [0, 0.1) is 0 Å². The Balaban J connectivity index is 3.88. The summed E-state index contributed by atoms with van der Waals surface area (Å²) in [6, 6.07) is -1.00. The van der Waals surface area contributed by atoms with Gasteiger partial charge in [-0.05, 0) is 13.8 Å². The van der Waals surface area contributed by atoms with E-state index in [0.29, 0.717) is 0 Å². The Morgan fingerprint density at radius 3 is 2.45 bits per heavy atom. The first-order chi connectivity index (χ1) is 4.87. The molecule has 5 nitrogen and oxygen atoms in total. The summed E-state index contributed by atoms with van der Waals surface area (Å²) in [5.41, 5.74) is 9.45. The number of ether oxygens (including phenoxy) is 1. The van der Waals surface area contributed by atoms with Crippen molar-refractivity contribution in [2.75, 3.05) is 6.61 Å². The molecule has 0 saturated heterocycles. The first-order valence-corrected chi connectivity index (χ1v) is 3.25. The molecule has 0 aliphatic rings. The van der Waals surface area contributed by atoms with Gasteiger partial charge in [0.2, 0.25) is 0 Å². The molecular formula is C6H14N2O3. The van der Waals surface area contributed by atoms with Gasteiger partial charge >= 0.3 is 5.97 Å². The van der Waals surface area contributed by atoms with Gasteiger partial charge in [0.1, 0.15) is 6.04 Å². The minimum absolute atomic E-state index is 0.436. The maximum Gasteiger partial charge on any atom is 0.327 e. The van der Waals surface area contributed by atoms with E-state index in [1.165, 1.54) is 13.8 Å². The fourth-order valence-electron chi connectivity index (χ4n) is 0.409. The maximum absolute atomic E-state index is 10.8. The molecule has 0 aromatic carbocycles. The second-order valence-electron chi connectivity index (χ2n) is 2.81. The maximum atomic E-state index is 10.8. The predicted octanol–water partition coefficient (Wildman–Crippen LogP) is -1.46. The lowest BCUT2D eigenvalue weighted by Gasteiger charge is -2.20. The topological polar surface area (TPSA) is 98.6 Å². The third-order valence-electron chi connectivity index (χ3n) is 0.863. The van der Waals surface area contributed by atoms with Crippen LogP contribution >= 0.6 is 0 Å². The van der Waals surface area contributed by atoms with Gasteiger partial charge in [0.25, 0.3) is 0 Å². The van der Waals surface area contributed by atoms with Gasteiger partial charge in [0.15, 0.2) is 5.72 Å². The zero-order chi connectivity index (χ0) is 9.07. The zero-order valence-corrected chi connectivity index (χ0v) is 6.70. The molecule has 0 aliphatic heterocycles. The molecule has 0 aromatic heterocycles. The van der Waals surface area contributed by atoms with Gasteiger partial charge in [0.05, 0.1) is 6.61 Å². The highest BCUT2D eigenvalue weighted by Gasteiger charge is 2.21. The standard InChI is InChI=1S/C6H14N2O3/c1-6(2,8)11-5(10)4(7)3-9/h4,9H,3,7-8H2,1-2H3/t4-/m0/s1. The van der Waals surface area contributed by atoms with Crippen LogP contribution in [0.15, 0.2) is 0 Å². The van der Waals surface area contributed by atoms with Gasteiger partial charge in [0, 0.05) is 0 Å². The first kappa shape index (κ1) is 10.3. The average Bonchev–Trinajstić information content (AvgIpc) is 1.82. The highest BCUT2D eigenvalue weighted by Crippen LogP contribution is 2.00. The molecule has 0 heterocycles. The number of nitrogens with two attached hydrogens (primary N) is 2. The van der Waals surface area contributed by atoms with Crippen LogP contribution in [0.25, 0.3) is 0 Å². The molecule has 0 radical (unpaired) electrons. The number of hydrogen-bond acceptors (Lipinski definition) is 5. The van der Waals surface area contributed by atoms with E-state index in [1.807, 2.05) is 0 Å². The van der Waals surface area contributed by atoms with Crippen LogP contribution < -0.4 is 11.5 Å². The highest BCUT2D eigenvalue weighted by molar-refractivity contribution is 5.75. The monoisotopic (exact) mass is 162 g/mol. The molecule has 0 saturated carbocycles. The lowest BCUT2D eigenvalue weighted by atomic mass is 10.3. The Kier molecular flexibility index (Phi) is 3.44. The number of aliphatic hydroxyl groups excluding tert-OH is 1. The molecule has 0 rings (SSSR count). The molecule has 0 unspecified atom stereocenters. The van der Waals surface area contributed by atoms with Crippen molar-refractivity contribution in [3.8, 4) is 0 Å². The Bertz CT molecular complexity index is 141. The summed E-state index contributed by atoms with van der Waals surface area (Å²) in [5.74, 6) is -0.694. The van der Waals surface area contributed by atoms with E-state index >= 15 is 0 Å². The molecule has 0 aromatic rings. The Labute approximate surface area is 65.3 Å². The van der Waals surface area contributed by atoms with E-state index in [2.05, 4.69) is 4.74 Å². The fraction of sp³-hybridized carbons (Fsp3) is 0.833. The molecule has 0 fully saturated rings. The Morgan fingerprint density at radius 2 is 2.18 bits per heavy atom. The average molecular weight is 162 g/mol. The number of rotatable bonds is 3. The summed E-state index contributed by atoms with van der Waals surface area (Å²) >= 11 is 0.